The zero-order valence-electron chi connectivity index (χ0n) is 10.2. The Morgan fingerprint density at radius 3 is 2.53 bits per heavy atom. The van der Waals surface area contributed by atoms with Crippen molar-refractivity contribution in [2.45, 2.75) is 20.8 Å². The highest BCUT2D eigenvalue weighted by Gasteiger charge is 2.11. The molecule has 0 radical (unpaired) electrons. The fourth-order valence-electron chi connectivity index (χ4n) is 1.21. The summed E-state index contributed by atoms with van der Waals surface area (Å²) >= 11 is 0. The lowest BCUT2D eigenvalue weighted by molar-refractivity contribution is -0.120. The first-order valence-electron chi connectivity index (χ1n) is 5.49. The van der Waals surface area contributed by atoms with Crippen LogP contribution < -0.4 is 5.32 Å². The molecule has 1 rings (SSSR count). The summed E-state index contributed by atoms with van der Waals surface area (Å²) in [5.74, 6) is -1.03. The standard InChI is InChI=1S/C13H16FNO2/c1-8(2)12(16)7-15-13(17)10-5-4-9(3)11(14)6-10/h4-6,8H,7H2,1-3H3,(H,15,17). The van der Waals surface area contributed by atoms with Crippen molar-refractivity contribution >= 4 is 11.7 Å². The number of halogens is 1. The number of Topliss-reactive ketones (excluding diaryl/α,β-unsaturated/α-hetero) is 1. The molecule has 0 aliphatic carbocycles. The number of carbonyl (C=O) groups excluding carboxylic acids is 2. The maximum atomic E-state index is 13.2. The number of hydrogen-bond donors (Lipinski definition) is 1. The summed E-state index contributed by atoms with van der Waals surface area (Å²) in [6.07, 6.45) is 0. The first-order valence-corrected chi connectivity index (χ1v) is 5.49. The maximum absolute atomic E-state index is 13.2. The second kappa shape index (κ2) is 5.57. The molecular formula is C13H16FNO2. The third kappa shape index (κ3) is 3.66. The van der Waals surface area contributed by atoms with E-state index in [2.05, 4.69) is 5.32 Å². The molecule has 0 saturated heterocycles. The molecule has 1 aromatic rings. The van der Waals surface area contributed by atoms with Crippen LogP contribution in [0.2, 0.25) is 0 Å². The van der Waals surface area contributed by atoms with Gasteiger partial charge in [-0.1, -0.05) is 19.9 Å². The van der Waals surface area contributed by atoms with Crippen molar-refractivity contribution < 1.29 is 14.0 Å². The van der Waals surface area contributed by atoms with Gasteiger partial charge in [0, 0.05) is 11.5 Å². The molecule has 0 spiro atoms. The van der Waals surface area contributed by atoms with E-state index >= 15 is 0 Å². The first-order chi connectivity index (χ1) is 7.91. The van der Waals surface area contributed by atoms with Crippen molar-refractivity contribution in [3.8, 4) is 0 Å². The zero-order chi connectivity index (χ0) is 13.0. The summed E-state index contributed by atoms with van der Waals surface area (Å²) < 4.78 is 13.2. The van der Waals surface area contributed by atoms with Crippen LogP contribution in [0.5, 0.6) is 0 Å². The highest BCUT2D eigenvalue weighted by atomic mass is 19.1. The molecule has 0 fully saturated rings. The molecule has 3 nitrogen and oxygen atoms in total. The number of rotatable bonds is 4. The van der Waals surface area contributed by atoms with Crippen LogP contribution in [0.1, 0.15) is 29.8 Å². The van der Waals surface area contributed by atoms with E-state index in [0.29, 0.717) is 5.56 Å². The molecule has 92 valence electrons. The lowest BCUT2D eigenvalue weighted by Crippen LogP contribution is -2.31. The molecule has 0 aliphatic rings. The minimum Gasteiger partial charge on any atom is -0.345 e. The Morgan fingerprint density at radius 2 is 2.00 bits per heavy atom. The molecule has 1 amide bonds. The van der Waals surface area contributed by atoms with Crippen LogP contribution in [0.3, 0.4) is 0 Å². The van der Waals surface area contributed by atoms with Crippen LogP contribution in [0.25, 0.3) is 0 Å². The van der Waals surface area contributed by atoms with Gasteiger partial charge in [-0.15, -0.1) is 0 Å². The van der Waals surface area contributed by atoms with E-state index < -0.39 is 11.7 Å². The van der Waals surface area contributed by atoms with E-state index in [1.807, 2.05) is 0 Å². The van der Waals surface area contributed by atoms with E-state index in [1.165, 1.54) is 18.2 Å². The fraction of sp³-hybridized carbons (Fsp3) is 0.385. The number of nitrogens with one attached hydrogen (secondary N) is 1. The number of aryl methyl sites for hydroxylation is 1. The van der Waals surface area contributed by atoms with E-state index in [-0.39, 0.29) is 23.8 Å². The number of ketones is 1. The number of amides is 1. The lowest BCUT2D eigenvalue weighted by atomic mass is 10.1. The normalized spacial score (nSPS) is 10.4. The van der Waals surface area contributed by atoms with Crippen LogP contribution >= 0.6 is 0 Å². The van der Waals surface area contributed by atoms with Crippen LogP contribution in [0.4, 0.5) is 4.39 Å². The third-order valence-corrected chi connectivity index (χ3v) is 2.50. The van der Waals surface area contributed by atoms with Gasteiger partial charge in [-0.05, 0) is 24.6 Å². The highest BCUT2D eigenvalue weighted by Crippen LogP contribution is 2.08. The van der Waals surface area contributed by atoms with Gasteiger partial charge in [-0.3, -0.25) is 9.59 Å². The lowest BCUT2D eigenvalue weighted by Gasteiger charge is -2.07. The van der Waals surface area contributed by atoms with E-state index in [4.69, 9.17) is 0 Å². The van der Waals surface area contributed by atoms with Crippen LogP contribution in [-0.2, 0) is 4.79 Å². The second-order valence-corrected chi connectivity index (χ2v) is 4.27. The van der Waals surface area contributed by atoms with Gasteiger partial charge >= 0.3 is 0 Å². The van der Waals surface area contributed by atoms with Crippen LogP contribution in [0, 0.1) is 18.7 Å². The quantitative estimate of drug-likeness (QED) is 0.871. The van der Waals surface area contributed by atoms with Crippen molar-refractivity contribution in [1.29, 1.82) is 0 Å². The maximum Gasteiger partial charge on any atom is 0.251 e. The van der Waals surface area contributed by atoms with E-state index in [0.717, 1.165) is 0 Å². The largest absolute Gasteiger partial charge is 0.345 e. The van der Waals surface area contributed by atoms with E-state index in [9.17, 15) is 14.0 Å². The van der Waals surface area contributed by atoms with Crippen molar-refractivity contribution in [2.24, 2.45) is 5.92 Å². The smallest absolute Gasteiger partial charge is 0.251 e. The van der Waals surface area contributed by atoms with Gasteiger partial charge in [0.25, 0.3) is 5.91 Å². The molecule has 1 aromatic carbocycles. The summed E-state index contributed by atoms with van der Waals surface area (Å²) in [5.41, 5.74) is 0.712. The molecule has 0 unspecified atom stereocenters. The third-order valence-electron chi connectivity index (χ3n) is 2.50. The highest BCUT2D eigenvalue weighted by molar-refractivity contribution is 5.97. The molecule has 0 bridgehead atoms. The average Bonchev–Trinajstić information content (AvgIpc) is 2.28. The zero-order valence-corrected chi connectivity index (χ0v) is 10.2. The Hall–Kier alpha value is -1.71. The molecule has 4 heteroatoms. The number of benzene rings is 1. The van der Waals surface area contributed by atoms with Gasteiger partial charge in [0.1, 0.15) is 5.82 Å². The Balaban J connectivity index is 2.64. The topological polar surface area (TPSA) is 46.2 Å². The predicted octanol–water partition coefficient (Wildman–Crippen LogP) is 2.09. The van der Waals surface area contributed by atoms with Crippen molar-refractivity contribution in [3.05, 3.63) is 35.1 Å². The Kier molecular flexibility index (Phi) is 4.37. The summed E-state index contributed by atoms with van der Waals surface area (Å²) in [4.78, 5) is 22.9. The predicted molar refractivity (Wildman–Crippen MR) is 63.3 cm³/mol. The van der Waals surface area contributed by atoms with Gasteiger partial charge in [0.05, 0.1) is 6.54 Å². The number of hydrogen-bond acceptors (Lipinski definition) is 2. The Bertz CT molecular complexity index is 441. The van der Waals surface area contributed by atoms with Crippen molar-refractivity contribution in [2.75, 3.05) is 6.54 Å². The summed E-state index contributed by atoms with van der Waals surface area (Å²) in [5, 5.41) is 2.47. The van der Waals surface area contributed by atoms with Gasteiger partial charge < -0.3 is 5.32 Å². The SMILES string of the molecule is Cc1ccc(C(=O)NCC(=O)C(C)C)cc1F. The molecule has 0 aliphatic heterocycles. The summed E-state index contributed by atoms with van der Waals surface area (Å²) in [6.45, 7) is 5.13. The van der Waals surface area contributed by atoms with Crippen LogP contribution in [-0.4, -0.2) is 18.2 Å². The summed E-state index contributed by atoms with van der Waals surface area (Å²) in [6, 6.07) is 4.24. The Morgan fingerprint density at radius 1 is 1.35 bits per heavy atom. The molecule has 0 atom stereocenters. The van der Waals surface area contributed by atoms with Crippen molar-refractivity contribution in [3.63, 3.8) is 0 Å². The average molecular weight is 237 g/mol. The second-order valence-electron chi connectivity index (χ2n) is 4.27. The molecule has 0 saturated carbocycles. The number of carbonyl (C=O) groups is 2. The molecular weight excluding hydrogens is 221 g/mol. The molecule has 0 heterocycles. The van der Waals surface area contributed by atoms with Crippen LogP contribution in [0.15, 0.2) is 18.2 Å². The fourth-order valence-corrected chi connectivity index (χ4v) is 1.21. The molecule has 17 heavy (non-hydrogen) atoms. The van der Waals surface area contributed by atoms with Gasteiger partial charge in [0.2, 0.25) is 0 Å². The monoisotopic (exact) mass is 237 g/mol. The molecule has 1 N–H and O–H groups in total. The first kappa shape index (κ1) is 13.4. The minimum absolute atomic E-state index is 0.0218. The molecule has 0 aromatic heterocycles. The summed E-state index contributed by atoms with van der Waals surface area (Å²) in [7, 11) is 0. The van der Waals surface area contributed by atoms with Gasteiger partial charge in [-0.2, -0.15) is 0 Å². The van der Waals surface area contributed by atoms with Gasteiger partial charge in [0.15, 0.2) is 5.78 Å². The van der Waals surface area contributed by atoms with Crippen molar-refractivity contribution in [1.82, 2.24) is 5.32 Å². The Labute approximate surface area is 100 Å². The van der Waals surface area contributed by atoms with Gasteiger partial charge in [-0.25, -0.2) is 4.39 Å². The van der Waals surface area contributed by atoms with E-state index in [1.54, 1.807) is 20.8 Å². The minimum atomic E-state index is -0.432.